The molecule has 25 heavy (non-hydrogen) atoms. The number of ether oxygens (including phenoxy) is 2. The molecule has 0 aliphatic rings. The summed E-state index contributed by atoms with van der Waals surface area (Å²) in [4.78, 5) is 12.4. The Hall–Kier alpha value is -3.41. The molecule has 0 fully saturated rings. The molecule has 3 aromatic rings. The van der Waals surface area contributed by atoms with Crippen molar-refractivity contribution in [2.24, 2.45) is 0 Å². The summed E-state index contributed by atoms with van der Waals surface area (Å²) in [5.74, 6) is 0.767. The zero-order chi connectivity index (χ0) is 17.6. The number of hydrogen-bond donors (Lipinski definition) is 1. The van der Waals surface area contributed by atoms with E-state index < -0.39 is 0 Å². The SMILES string of the molecule is COc1ccc(OC)c(NC(=O)c2ccc(-c3ccccc3)nn2)c1. The number of rotatable bonds is 5. The van der Waals surface area contributed by atoms with Crippen LogP contribution in [0.1, 0.15) is 10.5 Å². The molecule has 1 amide bonds. The lowest BCUT2D eigenvalue weighted by Crippen LogP contribution is -2.15. The first kappa shape index (κ1) is 16.4. The van der Waals surface area contributed by atoms with E-state index in [1.807, 2.05) is 30.3 Å². The van der Waals surface area contributed by atoms with Gasteiger partial charge in [-0.2, -0.15) is 0 Å². The first-order valence-electron chi connectivity index (χ1n) is 7.64. The average molecular weight is 335 g/mol. The maximum Gasteiger partial charge on any atom is 0.276 e. The van der Waals surface area contributed by atoms with Gasteiger partial charge in [0.1, 0.15) is 11.5 Å². The average Bonchev–Trinajstić information content (AvgIpc) is 2.68. The molecule has 6 heteroatoms. The molecule has 3 rings (SSSR count). The zero-order valence-corrected chi connectivity index (χ0v) is 13.9. The number of amides is 1. The van der Waals surface area contributed by atoms with E-state index in [2.05, 4.69) is 15.5 Å². The van der Waals surface area contributed by atoms with Gasteiger partial charge in [-0.05, 0) is 24.3 Å². The van der Waals surface area contributed by atoms with Crippen molar-refractivity contribution in [1.82, 2.24) is 10.2 Å². The highest BCUT2D eigenvalue weighted by Crippen LogP contribution is 2.29. The van der Waals surface area contributed by atoms with Gasteiger partial charge in [0.2, 0.25) is 0 Å². The fraction of sp³-hybridized carbons (Fsp3) is 0.105. The van der Waals surface area contributed by atoms with E-state index in [9.17, 15) is 4.79 Å². The number of methoxy groups -OCH3 is 2. The molecule has 0 aliphatic heterocycles. The van der Waals surface area contributed by atoms with Crippen LogP contribution in [0.2, 0.25) is 0 Å². The second kappa shape index (κ2) is 7.44. The van der Waals surface area contributed by atoms with Crippen molar-refractivity contribution in [3.05, 3.63) is 66.4 Å². The highest BCUT2D eigenvalue weighted by molar-refractivity contribution is 6.03. The molecule has 0 radical (unpaired) electrons. The predicted octanol–water partition coefficient (Wildman–Crippen LogP) is 3.41. The Bertz CT molecular complexity index is 865. The monoisotopic (exact) mass is 335 g/mol. The van der Waals surface area contributed by atoms with Gasteiger partial charge in [-0.15, -0.1) is 10.2 Å². The maximum absolute atomic E-state index is 12.4. The first-order chi connectivity index (χ1) is 12.2. The molecule has 126 valence electrons. The summed E-state index contributed by atoms with van der Waals surface area (Å²) in [5, 5.41) is 10.9. The Morgan fingerprint density at radius 2 is 1.72 bits per heavy atom. The Labute approximate surface area is 145 Å². The molecular formula is C19H17N3O3. The lowest BCUT2D eigenvalue weighted by molar-refractivity contribution is 0.102. The number of carbonyl (C=O) groups excluding carboxylic acids is 1. The lowest BCUT2D eigenvalue weighted by Gasteiger charge is -2.11. The largest absolute Gasteiger partial charge is 0.497 e. The summed E-state index contributed by atoms with van der Waals surface area (Å²) in [7, 11) is 3.09. The topological polar surface area (TPSA) is 73.3 Å². The smallest absolute Gasteiger partial charge is 0.276 e. The highest BCUT2D eigenvalue weighted by atomic mass is 16.5. The van der Waals surface area contributed by atoms with E-state index in [1.54, 1.807) is 37.4 Å². The molecule has 0 atom stereocenters. The molecule has 1 heterocycles. The van der Waals surface area contributed by atoms with E-state index in [0.717, 1.165) is 5.56 Å². The Kier molecular flexibility index (Phi) is 4.89. The Morgan fingerprint density at radius 1 is 0.920 bits per heavy atom. The quantitative estimate of drug-likeness (QED) is 0.773. The van der Waals surface area contributed by atoms with Crippen LogP contribution in [-0.4, -0.2) is 30.3 Å². The molecule has 2 aromatic carbocycles. The normalized spacial score (nSPS) is 10.2. The van der Waals surface area contributed by atoms with E-state index in [1.165, 1.54) is 7.11 Å². The Balaban J connectivity index is 1.80. The minimum absolute atomic E-state index is 0.213. The van der Waals surface area contributed by atoms with Crippen LogP contribution >= 0.6 is 0 Å². The van der Waals surface area contributed by atoms with Crippen molar-refractivity contribution in [1.29, 1.82) is 0 Å². The molecular weight excluding hydrogens is 318 g/mol. The highest BCUT2D eigenvalue weighted by Gasteiger charge is 2.13. The second-order valence-corrected chi connectivity index (χ2v) is 5.19. The van der Waals surface area contributed by atoms with Crippen molar-refractivity contribution in [3.8, 4) is 22.8 Å². The summed E-state index contributed by atoms with van der Waals surface area (Å²) >= 11 is 0. The van der Waals surface area contributed by atoms with Gasteiger partial charge in [0.05, 0.1) is 25.6 Å². The number of hydrogen-bond acceptors (Lipinski definition) is 5. The summed E-state index contributed by atoms with van der Waals surface area (Å²) in [5.41, 5.74) is 2.36. The molecule has 0 saturated carbocycles. The van der Waals surface area contributed by atoms with Crippen LogP contribution in [0.25, 0.3) is 11.3 Å². The minimum atomic E-state index is -0.376. The standard InChI is InChI=1S/C19H17N3O3/c1-24-14-8-11-18(25-2)17(12-14)20-19(23)16-10-9-15(21-22-16)13-6-4-3-5-7-13/h3-12H,1-2H3,(H,20,23). The fourth-order valence-corrected chi connectivity index (χ4v) is 2.31. The molecule has 1 aromatic heterocycles. The van der Waals surface area contributed by atoms with E-state index in [4.69, 9.17) is 9.47 Å². The van der Waals surface area contributed by atoms with Gasteiger partial charge in [0, 0.05) is 11.6 Å². The molecule has 0 unspecified atom stereocenters. The molecule has 0 bridgehead atoms. The Morgan fingerprint density at radius 3 is 2.36 bits per heavy atom. The van der Waals surface area contributed by atoms with Crippen LogP contribution < -0.4 is 14.8 Å². The first-order valence-corrected chi connectivity index (χ1v) is 7.64. The molecule has 0 aliphatic carbocycles. The molecule has 0 spiro atoms. The van der Waals surface area contributed by atoms with Crippen LogP contribution in [-0.2, 0) is 0 Å². The second-order valence-electron chi connectivity index (χ2n) is 5.19. The minimum Gasteiger partial charge on any atom is -0.497 e. The van der Waals surface area contributed by atoms with E-state index in [-0.39, 0.29) is 11.6 Å². The summed E-state index contributed by atoms with van der Waals surface area (Å²) < 4.78 is 10.4. The van der Waals surface area contributed by atoms with Crippen molar-refractivity contribution in [2.75, 3.05) is 19.5 Å². The molecule has 6 nitrogen and oxygen atoms in total. The van der Waals surface area contributed by atoms with E-state index in [0.29, 0.717) is 22.9 Å². The van der Waals surface area contributed by atoms with Crippen molar-refractivity contribution >= 4 is 11.6 Å². The van der Waals surface area contributed by atoms with Crippen LogP contribution in [0.5, 0.6) is 11.5 Å². The summed E-state index contributed by atoms with van der Waals surface area (Å²) in [6.45, 7) is 0. The maximum atomic E-state index is 12.4. The molecule has 1 N–H and O–H groups in total. The summed E-state index contributed by atoms with van der Waals surface area (Å²) in [6, 6.07) is 18.2. The number of benzene rings is 2. The third-order valence-electron chi connectivity index (χ3n) is 3.62. The third kappa shape index (κ3) is 3.74. The zero-order valence-electron chi connectivity index (χ0n) is 13.9. The van der Waals surface area contributed by atoms with Gasteiger partial charge in [0.15, 0.2) is 5.69 Å². The van der Waals surface area contributed by atoms with Gasteiger partial charge in [-0.3, -0.25) is 4.79 Å². The number of aromatic nitrogens is 2. The lowest BCUT2D eigenvalue weighted by atomic mass is 10.1. The van der Waals surface area contributed by atoms with Gasteiger partial charge in [-0.1, -0.05) is 30.3 Å². The van der Waals surface area contributed by atoms with Crippen LogP contribution in [0.3, 0.4) is 0 Å². The van der Waals surface area contributed by atoms with Crippen molar-refractivity contribution < 1.29 is 14.3 Å². The van der Waals surface area contributed by atoms with E-state index >= 15 is 0 Å². The number of carbonyl (C=O) groups is 1. The third-order valence-corrected chi connectivity index (χ3v) is 3.62. The number of anilines is 1. The van der Waals surface area contributed by atoms with Crippen LogP contribution in [0, 0.1) is 0 Å². The van der Waals surface area contributed by atoms with Gasteiger partial charge in [0.25, 0.3) is 5.91 Å². The van der Waals surface area contributed by atoms with Gasteiger partial charge >= 0.3 is 0 Å². The number of nitrogens with zero attached hydrogens (tertiary/aromatic N) is 2. The molecule has 0 saturated heterocycles. The van der Waals surface area contributed by atoms with Gasteiger partial charge in [-0.25, -0.2) is 0 Å². The van der Waals surface area contributed by atoms with Crippen molar-refractivity contribution in [2.45, 2.75) is 0 Å². The fourth-order valence-electron chi connectivity index (χ4n) is 2.31. The van der Waals surface area contributed by atoms with Crippen molar-refractivity contribution in [3.63, 3.8) is 0 Å². The number of nitrogens with one attached hydrogen (secondary N) is 1. The van der Waals surface area contributed by atoms with Crippen LogP contribution in [0.15, 0.2) is 60.7 Å². The van der Waals surface area contributed by atoms with Crippen LogP contribution in [0.4, 0.5) is 5.69 Å². The predicted molar refractivity (Wildman–Crippen MR) is 95.0 cm³/mol. The summed E-state index contributed by atoms with van der Waals surface area (Å²) in [6.07, 6.45) is 0. The van der Waals surface area contributed by atoms with Gasteiger partial charge < -0.3 is 14.8 Å².